The Morgan fingerprint density at radius 2 is 1.17 bits per heavy atom. The summed E-state index contributed by atoms with van der Waals surface area (Å²) >= 11 is 1.73. The van der Waals surface area contributed by atoms with E-state index in [1.165, 1.54) is 38.1 Å². The van der Waals surface area contributed by atoms with Crippen molar-refractivity contribution in [1.29, 1.82) is 0 Å². The molecule has 30 heavy (non-hydrogen) atoms. The summed E-state index contributed by atoms with van der Waals surface area (Å²) in [6.45, 7) is 2.14. The van der Waals surface area contributed by atoms with Crippen LogP contribution in [0.1, 0.15) is 5.56 Å². The molecule has 0 aliphatic heterocycles. The lowest BCUT2D eigenvalue weighted by atomic mass is 9.92. The number of nitrogens with zero attached hydrogens (tertiary/aromatic N) is 1. The van der Waals surface area contributed by atoms with E-state index in [0.29, 0.717) is 0 Å². The van der Waals surface area contributed by atoms with Crippen molar-refractivity contribution in [3.05, 3.63) is 115 Å². The Morgan fingerprint density at radius 1 is 0.600 bits per heavy atom. The van der Waals surface area contributed by atoms with Gasteiger partial charge in [0.15, 0.2) is 0 Å². The molecule has 0 bridgehead atoms. The van der Waals surface area contributed by atoms with Crippen LogP contribution in [0.3, 0.4) is 0 Å². The zero-order chi connectivity index (χ0) is 20.3. The van der Waals surface area contributed by atoms with E-state index < -0.39 is 0 Å². The number of hydrogen-bond acceptors (Lipinski definition) is 2. The smallest absolute Gasteiger partial charge is 0.110 e. The van der Waals surface area contributed by atoms with Crippen LogP contribution in [0.2, 0.25) is 0 Å². The second-order valence-corrected chi connectivity index (χ2v) is 8.40. The minimum absolute atomic E-state index is 1.03. The van der Waals surface area contributed by atoms with E-state index in [1.807, 2.05) is 6.07 Å². The Kier molecular flexibility index (Phi) is 5.08. The van der Waals surface area contributed by atoms with Crippen LogP contribution in [-0.2, 0) is 0 Å². The molecule has 0 radical (unpaired) electrons. The van der Waals surface area contributed by atoms with Crippen molar-refractivity contribution in [2.24, 2.45) is 0 Å². The number of rotatable bonds is 4. The molecule has 4 aromatic carbocycles. The molecule has 0 aliphatic rings. The molecule has 0 aliphatic carbocycles. The van der Waals surface area contributed by atoms with E-state index in [4.69, 9.17) is 4.98 Å². The molecule has 1 heterocycles. The maximum absolute atomic E-state index is 5.14. The number of pyridine rings is 1. The highest BCUT2D eigenvalue weighted by Crippen LogP contribution is 2.44. The van der Waals surface area contributed by atoms with Gasteiger partial charge in [0, 0.05) is 21.4 Å². The van der Waals surface area contributed by atoms with Crippen LogP contribution >= 0.6 is 11.8 Å². The standard InChI is InChI=1S/C28H21NS/c1-20-17-18-25-24(19-20)26(21-11-5-2-6-12-21)27(22-13-7-3-8-14-22)28(29-25)30-23-15-9-4-10-16-23/h2-19H,1H3. The minimum atomic E-state index is 1.03. The highest BCUT2D eigenvalue weighted by molar-refractivity contribution is 7.99. The van der Waals surface area contributed by atoms with Gasteiger partial charge in [-0.15, -0.1) is 0 Å². The SMILES string of the molecule is Cc1ccc2nc(Sc3ccccc3)c(-c3ccccc3)c(-c3ccccc3)c2c1. The van der Waals surface area contributed by atoms with Crippen LogP contribution in [0, 0.1) is 6.92 Å². The molecule has 0 amide bonds. The molecule has 0 spiro atoms. The number of aryl methyl sites for hydroxylation is 1. The summed E-state index contributed by atoms with van der Waals surface area (Å²) in [6, 6.07) is 38.3. The largest absolute Gasteiger partial charge is 0.240 e. The van der Waals surface area contributed by atoms with Gasteiger partial charge in [0.25, 0.3) is 0 Å². The summed E-state index contributed by atoms with van der Waals surface area (Å²) in [4.78, 5) is 6.32. The molecule has 0 fully saturated rings. The first kappa shape index (κ1) is 18.7. The van der Waals surface area contributed by atoms with Crippen LogP contribution in [0.5, 0.6) is 0 Å². The van der Waals surface area contributed by atoms with Crippen molar-refractivity contribution in [3.63, 3.8) is 0 Å². The summed E-state index contributed by atoms with van der Waals surface area (Å²) < 4.78 is 0. The van der Waals surface area contributed by atoms with Crippen molar-refractivity contribution >= 4 is 22.7 Å². The van der Waals surface area contributed by atoms with Crippen molar-refractivity contribution in [1.82, 2.24) is 4.98 Å². The maximum atomic E-state index is 5.14. The summed E-state index contributed by atoms with van der Waals surface area (Å²) in [6.07, 6.45) is 0. The Hall–Kier alpha value is -3.36. The average Bonchev–Trinajstić information content (AvgIpc) is 2.80. The fraction of sp³-hybridized carbons (Fsp3) is 0.0357. The number of fused-ring (bicyclic) bond motifs is 1. The van der Waals surface area contributed by atoms with E-state index in [0.717, 1.165) is 10.5 Å². The van der Waals surface area contributed by atoms with Gasteiger partial charge in [-0.25, -0.2) is 4.98 Å². The molecule has 5 aromatic rings. The lowest BCUT2D eigenvalue weighted by Gasteiger charge is -2.18. The third kappa shape index (κ3) is 3.62. The number of hydrogen-bond donors (Lipinski definition) is 0. The highest BCUT2D eigenvalue weighted by Gasteiger charge is 2.19. The van der Waals surface area contributed by atoms with Crippen LogP contribution in [0.25, 0.3) is 33.2 Å². The van der Waals surface area contributed by atoms with Gasteiger partial charge in [0.1, 0.15) is 5.03 Å². The van der Waals surface area contributed by atoms with E-state index >= 15 is 0 Å². The number of aromatic nitrogens is 1. The molecular weight excluding hydrogens is 382 g/mol. The zero-order valence-electron chi connectivity index (χ0n) is 16.7. The van der Waals surface area contributed by atoms with Crippen molar-refractivity contribution in [2.45, 2.75) is 16.8 Å². The predicted octanol–water partition coefficient (Wildman–Crippen LogP) is 8.03. The summed E-state index contributed by atoms with van der Waals surface area (Å²) in [5, 5.41) is 2.22. The Labute approximate surface area is 181 Å². The average molecular weight is 404 g/mol. The quantitative estimate of drug-likeness (QED) is 0.301. The maximum Gasteiger partial charge on any atom is 0.110 e. The van der Waals surface area contributed by atoms with E-state index in [2.05, 4.69) is 110 Å². The van der Waals surface area contributed by atoms with Crippen LogP contribution in [0.15, 0.2) is 119 Å². The minimum Gasteiger partial charge on any atom is -0.240 e. The topological polar surface area (TPSA) is 12.9 Å². The Bertz CT molecular complexity index is 1300. The zero-order valence-corrected chi connectivity index (χ0v) is 17.6. The highest BCUT2D eigenvalue weighted by atomic mass is 32.2. The molecule has 0 unspecified atom stereocenters. The molecule has 0 saturated heterocycles. The second-order valence-electron chi connectivity index (χ2n) is 7.33. The van der Waals surface area contributed by atoms with Gasteiger partial charge in [-0.1, -0.05) is 102 Å². The molecule has 5 rings (SSSR count). The molecule has 0 atom stereocenters. The predicted molar refractivity (Wildman–Crippen MR) is 128 cm³/mol. The lowest BCUT2D eigenvalue weighted by Crippen LogP contribution is -1.95. The van der Waals surface area contributed by atoms with E-state index in [1.54, 1.807) is 11.8 Å². The molecule has 1 aromatic heterocycles. The van der Waals surface area contributed by atoms with Crippen molar-refractivity contribution < 1.29 is 0 Å². The van der Waals surface area contributed by atoms with Gasteiger partial charge in [-0.3, -0.25) is 0 Å². The molecule has 0 N–H and O–H groups in total. The Balaban J connectivity index is 1.88. The lowest BCUT2D eigenvalue weighted by molar-refractivity contribution is 1.19. The third-order valence-corrected chi connectivity index (χ3v) is 6.19. The first-order valence-corrected chi connectivity index (χ1v) is 10.9. The second kappa shape index (κ2) is 8.17. The molecular formula is C28H21NS. The molecule has 2 heteroatoms. The fourth-order valence-corrected chi connectivity index (χ4v) is 4.79. The normalized spacial score (nSPS) is 11.0. The Morgan fingerprint density at radius 3 is 1.80 bits per heavy atom. The number of benzene rings is 4. The van der Waals surface area contributed by atoms with E-state index in [-0.39, 0.29) is 0 Å². The van der Waals surface area contributed by atoms with Gasteiger partial charge < -0.3 is 0 Å². The van der Waals surface area contributed by atoms with Crippen LogP contribution < -0.4 is 0 Å². The molecule has 144 valence electrons. The van der Waals surface area contributed by atoms with Crippen molar-refractivity contribution in [3.8, 4) is 22.3 Å². The summed E-state index contributed by atoms with van der Waals surface area (Å²) in [5.74, 6) is 0. The van der Waals surface area contributed by atoms with Gasteiger partial charge >= 0.3 is 0 Å². The fourth-order valence-electron chi connectivity index (χ4n) is 3.81. The first-order valence-electron chi connectivity index (χ1n) is 10.1. The molecule has 0 saturated carbocycles. The van der Waals surface area contributed by atoms with Crippen LogP contribution in [-0.4, -0.2) is 4.98 Å². The molecule has 1 nitrogen and oxygen atoms in total. The van der Waals surface area contributed by atoms with E-state index in [9.17, 15) is 0 Å². The van der Waals surface area contributed by atoms with Gasteiger partial charge in [-0.2, -0.15) is 0 Å². The first-order chi connectivity index (χ1) is 14.8. The van der Waals surface area contributed by atoms with Gasteiger partial charge in [-0.05, 0) is 42.3 Å². The summed E-state index contributed by atoms with van der Waals surface area (Å²) in [5.41, 5.74) is 7.10. The monoisotopic (exact) mass is 403 g/mol. The van der Waals surface area contributed by atoms with Crippen molar-refractivity contribution in [2.75, 3.05) is 0 Å². The van der Waals surface area contributed by atoms with Gasteiger partial charge in [0.2, 0.25) is 0 Å². The van der Waals surface area contributed by atoms with Crippen LogP contribution in [0.4, 0.5) is 0 Å². The third-order valence-electron chi connectivity index (χ3n) is 5.19. The van der Waals surface area contributed by atoms with Gasteiger partial charge in [0.05, 0.1) is 5.52 Å². The summed E-state index contributed by atoms with van der Waals surface area (Å²) in [7, 11) is 0.